The molecular weight excluding hydrogens is 276 g/mol. The van der Waals surface area contributed by atoms with Crippen molar-refractivity contribution < 1.29 is 8.42 Å². The number of sulfonamides is 1. The molecule has 2 rings (SSSR count). The zero-order chi connectivity index (χ0) is 13.2. The van der Waals surface area contributed by atoms with Crippen LogP contribution in [0.15, 0.2) is 35.5 Å². The first kappa shape index (κ1) is 12.4. The second-order valence-corrected chi connectivity index (χ2v) is 5.39. The van der Waals surface area contributed by atoms with Gasteiger partial charge in [-0.05, 0) is 24.3 Å². The summed E-state index contributed by atoms with van der Waals surface area (Å²) in [5, 5.41) is 14.8. The maximum absolute atomic E-state index is 11.9. The van der Waals surface area contributed by atoms with Gasteiger partial charge in [0, 0.05) is 0 Å². The van der Waals surface area contributed by atoms with Gasteiger partial charge in [-0.15, -0.1) is 0 Å². The highest BCUT2D eigenvalue weighted by Crippen LogP contribution is 2.25. The zero-order valence-corrected chi connectivity index (χ0v) is 10.5. The van der Waals surface area contributed by atoms with Crippen LogP contribution in [-0.4, -0.2) is 18.6 Å². The number of benzene rings is 1. The molecule has 0 fully saturated rings. The van der Waals surface area contributed by atoms with Crippen LogP contribution < -0.4 is 4.72 Å². The number of halogens is 1. The fourth-order valence-electron chi connectivity index (χ4n) is 1.27. The van der Waals surface area contributed by atoms with Crippen molar-refractivity contribution in [1.82, 2.24) is 10.2 Å². The van der Waals surface area contributed by atoms with Crippen molar-refractivity contribution in [2.75, 3.05) is 4.72 Å². The minimum absolute atomic E-state index is 0.0825. The average molecular weight is 283 g/mol. The number of nitrogens with one attached hydrogen (secondary N) is 2. The number of nitrogens with zero attached hydrogens (tertiary/aromatic N) is 2. The summed E-state index contributed by atoms with van der Waals surface area (Å²) < 4.78 is 26.1. The summed E-state index contributed by atoms with van der Waals surface area (Å²) in [7, 11) is -3.78. The number of rotatable bonds is 3. The molecule has 1 aromatic carbocycles. The Balaban J connectivity index is 2.38. The number of aromatic nitrogens is 2. The van der Waals surface area contributed by atoms with Crippen LogP contribution in [0, 0.1) is 11.3 Å². The van der Waals surface area contributed by atoms with Gasteiger partial charge in [0.15, 0.2) is 5.03 Å². The molecule has 6 nitrogen and oxygen atoms in total. The Morgan fingerprint density at radius 1 is 1.39 bits per heavy atom. The van der Waals surface area contributed by atoms with Crippen molar-refractivity contribution in [2.24, 2.45) is 0 Å². The first-order valence-corrected chi connectivity index (χ1v) is 6.61. The van der Waals surface area contributed by atoms with Gasteiger partial charge in [-0.1, -0.05) is 11.6 Å². The molecule has 0 aliphatic heterocycles. The molecule has 0 aliphatic carbocycles. The molecule has 18 heavy (non-hydrogen) atoms. The molecule has 2 aromatic rings. The molecule has 1 aromatic heterocycles. The minimum Gasteiger partial charge on any atom is -0.277 e. The van der Waals surface area contributed by atoms with Crippen molar-refractivity contribution in [2.45, 2.75) is 5.03 Å². The molecule has 1 heterocycles. The fourth-order valence-corrected chi connectivity index (χ4v) is 2.47. The van der Waals surface area contributed by atoms with E-state index in [1.165, 1.54) is 30.5 Å². The van der Waals surface area contributed by atoms with Gasteiger partial charge in [-0.25, -0.2) is 0 Å². The van der Waals surface area contributed by atoms with E-state index in [2.05, 4.69) is 14.9 Å². The maximum atomic E-state index is 11.9. The van der Waals surface area contributed by atoms with Gasteiger partial charge in [-0.2, -0.15) is 18.8 Å². The fraction of sp³-hybridized carbons (Fsp3) is 0. The third-order valence-corrected chi connectivity index (χ3v) is 3.73. The van der Waals surface area contributed by atoms with Crippen molar-refractivity contribution in [1.29, 1.82) is 5.26 Å². The quantitative estimate of drug-likeness (QED) is 0.895. The van der Waals surface area contributed by atoms with Crippen LogP contribution in [0.1, 0.15) is 5.56 Å². The SMILES string of the molecule is N#Cc1ccc(Cl)c(NS(=O)(=O)c2ccn[nH]2)c1. The van der Waals surface area contributed by atoms with E-state index >= 15 is 0 Å². The number of aromatic amines is 1. The van der Waals surface area contributed by atoms with Gasteiger partial charge in [0.2, 0.25) is 0 Å². The average Bonchev–Trinajstić information content (AvgIpc) is 2.86. The Morgan fingerprint density at radius 3 is 2.78 bits per heavy atom. The molecule has 0 radical (unpaired) electrons. The van der Waals surface area contributed by atoms with E-state index in [0.29, 0.717) is 5.56 Å². The molecular formula is C10H7ClN4O2S. The molecule has 92 valence electrons. The summed E-state index contributed by atoms with van der Waals surface area (Å²) in [5.41, 5.74) is 0.451. The molecule has 0 unspecified atom stereocenters. The highest BCUT2D eigenvalue weighted by molar-refractivity contribution is 7.92. The Labute approximate surface area is 108 Å². The second-order valence-electron chi connectivity index (χ2n) is 3.33. The highest BCUT2D eigenvalue weighted by atomic mass is 35.5. The number of H-pyrrole nitrogens is 1. The van der Waals surface area contributed by atoms with E-state index in [9.17, 15) is 8.42 Å². The van der Waals surface area contributed by atoms with E-state index in [0.717, 1.165) is 0 Å². The molecule has 0 saturated heterocycles. The molecule has 0 amide bonds. The summed E-state index contributed by atoms with van der Waals surface area (Å²) in [6, 6.07) is 7.51. The first-order chi connectivity index (χ1) is 8.53. The lowest BCUT2D eigenvalue weighted by Crippen LogP contribution is -2.13. The van der Waals surface area contributed by atoms with E-state index < -0.39 is 10.0 Å². The van der Waals surface area contributed by atoms with Gasteiger partial charge >= 0.3 is 0 Å². The van der Waals surface area contributed by atoms with E-state index in [-0.39, 0.29) is 15.7 Å². The van der Waals surface area contributed by atoms with Crippen molar-refractivity contribution in [3.63, 3.8) is 0 Å². The maximum Gasteiger partial charge on any atom is 0.278 e. The molecule has 2 N–H and O–H groups in total. The zero-order valence-electron chi connectivity index (χ0n) is 8.88. The summed E-state index contributed by atoms with van der Waals surface area (Å²) >= 11 is 5.86. The van der Waals surface area contributed by atoms with Gasteiger partial charge in [0.1, 0.15) is 0 Å². The second kappa shape index (κ2) is 4.68. The minimum atomic E-state index is -3.78. The first-order valence-electron chi connectivity index (χ1n) is 4.75. The number of hydrogen-bond donors (Lipinski definition) is 2. The van der Waals surface area contributed by atoms with Gasteiger partial charge in [0.05, 0.1) is 28.5 Å². The third kappa shape index (κ3) is 2.45. The molecule has 8 heteroatoms. The van der Waals surface area contributed by atoms with Crippen LogP contribution in [0.3, 0.4) is 0 Å². The predicted molar refractivity (Wildman–Crippen MR) is 65.6 cm³/mol. The highest BCUT2D eigenvalue weighted by Gasteiger charge is 2.17. The lowest BCUT2D eigenvalue weighted by molar-refractivity contribution is 0.597. The Morgan fingerprint density at radius 2 is 2.17 bits per heavy atom. The van der Waals surface area contributed by atoms with Gasteiger partial charge < -0.3 is 0 Å². The lowest BCUT2D eigenvalue weighted by Gasteiger charge is -2.08. The molecule has 0 atom stereocenters. The van der Waals surface area contributed by atoms with Gasteiger partial charge in [0.25, 0.3) is 10.0 Å². The van der Waals surface area contributed by atoms with Crippen LogP contribution in [0.2, 0.25) is 5.02 Å². The molecule has 0 spiro atoms. The molecule has 0 aliphatic rings. The van der Waals surface area contributed by atoms with Crippen molar-refractivity contribution in [3.8, 4) is 6.07 Å². The summed E-state index contributed by atoms with van der Waals surface area (Å²) in [6.07, 6.45) is 1.32. The lowest BCUT2D eigenvalue weighted by atomic mass is 10.2. The van der Waals surface area contributed by atoms with Crippen LogP contribution in [0.5, 0.6) is 0 Å². The Hall–Kier alpha value is -2.04. The number of hydrogen-bond acceptors (Lipinski definition) is 4. The summed E-state index contributed by atoms with van der Waals surface area (Å²) in [4.78, 5) is 0. The molecule has 0 bridgehead atoms. The summed E-state index contributed by atoms with van der Waals surface area (Å²) in [5.74, 6) is 0. The van der Waals surface area contributed by atoms with Crippen molar-refractivity contribution >= 4 is 27.3 Å². The standard InChI is InChI=1S/C10H7ClN4O2S/c11-8-2-1-7(6-12)5-9(8)15-18(16,17)10-3-4-13-14-10/h1-5,15H,(H,13,14). The smallest absolute Gasteiger partial charge is 0.277 e. The van der Waals surface area contributed by atoms with Gasteiger partial charge in [-0.3, -0.25) is 9.82 Å². The largest absolute Gasteiger partial charge is 0.278 e. The van der Waals surface area contributed by atoms with Crippen LogP contribution in [0.4, 0.5) is 5.69 Å². The molecule has 0 saturated carbocycles. The van der Waals surface area contributed by atoms with E-state index in [1.54, 1.807) is 0 Å². The predicted octanol–water partition coefficient (Wildman–Crippen LogP) is 1.74. The van der Waals surface area contributed by atoms with Crippen LogP contribution >= 0.6 is 11.6 Å². The van der Waals surface area contributed by atoms with Crippen molar-refractivity contribution in [3.05, 3.63) is 41.0 Å². The summed E-state index contributed by atoms with van der Waals surface area (Å²) in [6.45, 7) is 0. The third-order valence-electron chi connectivity index (χ3n) is 2.10. The van der Waals surface area contributed by atoms with E-state index in [4.69, 9.17) is 16.9 Å². The normalized spacial score (nSPS) is 10.9. The Kier molecular flexibility index (Phi) is 3.23. The van der Waals surface area contributed by atoms with E-state index in [1.807, 2.05) is 6.07 Å². The van der Waals surface area contributed by atoms with Crippen LogP contribution in [0.25, 0.3) is 0 Å². The Bertz CT molecular complexity index is 704. The monoisotopic (exact) mass is 282 g/mol. The van der Waals surface area contributed by atoms with Crippen LogP contribution in [-0.2, 0) is 10.0 Å². The number of nitriles is 1. The topological polar surface area (TPSA) is 98.6 Å². The number of anilines is 1.